The number of fused-ring (bicyclic) bond motifs is 3. The van der Waals surface area contributed by atoms with Crippen LogP contribution in [0.15, 0.2) is 42.5 Å². The summed E-state index contributed by atoms with van der Waals surface area (Å²) in [6, 6.07) is 15.8. The van der Waals surface area contributed by atoms with Crippen molar-refractivity contribution in [3.63, 3.8) is 0 Å². The Labute approximate surface area is 108 Å². The molecule has 0 unspecified atom stereocenters. The van der Waals surface area contributed by atoms with Gasteiger partial charge >= 0.3 is 0 Å². The van der Waals surface area contributed by atoms with Crippen LogP contribution in [0.5, 0.6) is 0 Å². The second kappa shape index (κ2) is 3.69. The van der Waals surface area contributed by atoms with Gasteiger partial charge in [0.2, 0.25) is 0 Å². The normalized spacial score (nSPS) is 18.3. The standard InChI is InChI=1S/C17H17N/c18-17(11-5-6-11)13-7-8-16-14(10-13)9-12-3-1-2-4-15(12)16/h1-4,7-8,10-11,17H,5-6,9,18H2/t17-/m0/s1. The SMILES string of the molecule is N[C@H](c1ccc2c(c1)Cc1ccccc1-2)C1CC1. The molecule has 90 valence electrons. The van der Waals surface area contributed by atoms with E-state index in [4.69, 9.17) is 5.73 Å². The van der Waals surface area contributed by atoms with Gasteiger partial charge in [-0.1, -0.05) is 42.5 Å². The largest absolute Gasteiger partial charge is 0.324 e. The second-order valence-electron chi connectivity index (χ2n) is 5.61. The highest BCUT2D eigenvalue weighted by atomic mass is 14.7. The summed E-state index contributed by atoms with van der Waals surface area (Å²) in [7, 11) is 0. The van der Waals surface area contributed by atoms with Gasteiger partial charge in [0.15, 0.2) is 0 Å². The van der Waals surface area contributed by atoms with Crippen molar-refractivity contribution in [3.05, 3.63) is 59.2 Å². The van der Waals surface area contributed by atoms with Crippen molar-refractivity contribution in [1.29, 1.82) is 0 Å². The van der Waals surface area contributed by atoms with Crippen LogP contribution < -0.4 is 5.73 Å². The van der Waals surface area contributed by atoms with Crippen LogP contribution in [0.2, 0.25) is 0 Å². The molecular formula is C17H17N. The third kappa shape index (κ3) is 1.51. The highest BCUT2D eigenvalue weighted by Gasteiger charge is 2.30. The van der Waals surface area contributed by atoms with E-state index in [9.17, 15) is 0 Å². The lowest BCUT2D eigenvalue weighted by Crippen LogP contribution is -2.12. The average molecular weight is 235 g/mol. The Morgan fingerprint density at radius 3 is 2.56 bits per heavy atom. The fourth-order valence-electron chi connectivity index (χ4n) is 3.10. The molecule has 0 spiro atoms. The maximum absolute atomic E-state index is 6.30. The van der Waals surface area contributed by atoms with Gasteiger partial charge in [0.05, 0.1) is 0 Å². The number of benzene rings is 2. The monoisotopic (exact) mass is 235 g/mol. The predicted molar refractivity (Wildman–Crippen MR) is 74.3 cm³/mol. The van der Waals surface area contributed by atoms with Crippen LogP contribution in [-0.4, -0.2) is 0 Å². The van der Waals surface area contributed by atoms with Gasteiger partial charge in [-0.2, -0.15) is 0 Å². The number of hydrogen-bond donors (Lipinski definition) is 1. The minimum Gasteiger partial charge on any atom is -0.324 e. The van der Waals surface area contributed by atoms with Crippen LogP contribution in [0, 0.1) is 5.92 Å². The van der Waals surface area contributed by atoms with E-state index >= 15 is 0 Å². The van der Waals surface area contributed by atoms with Crippen LogP contribution in [0.25, 0.3) is 11.1 Å². The molecule has 0 aromatic heterocycles. The third-order valence-corrected chi connectivity index (χ3v) is 4.33. The Morgan fingerprint density at radius 2 is 1.72 bits per heavy atom. The summed E-state index contributed by atoms with van der Waals surface area (Å²) in [5, 5.41) is 0. The molecule has 2 N–H and O–H groups in total. The lowest BCUT2D eigenvalue weighted by atomic mass is 9.98. The van der Waals surface area contributed by atoms with Gasteiger partial charge in [0.25, 0.3) is 0 Å². The van der Waals surface area contributed by atoms with Gasteiger partial charge in [0.1, 0.15) is 0 Å². The third-order valence-electron chi connectivity index (χ3n) is 4.33. The first-order chi connectivity index (χ1) is 8.83. The van der Waals surface area contributed by atoms with Crippen LogP contribution in [-0.2, 0) is 6.42 Å². The van der Waals surface area contributed by atoms with Crippen LogP contribution in [0.1, 0.15) is 35.6 Å². The average Bonchev–Trinajstić information content (AvgIpc) is 3.18. The number of hydrogen-bond acceptors (Lipinski definition) is 1. The second-order valence-corrected chi connectivity index (χ2v) is 5.61. The molecule has 0 aliphatic heterocycles. The van der Waals surface area contributed by atoms with E-state index in [-0.39, 0.29) is 6.04 Å². The fraction of sp³-hybridized carbons (Fsp3) is 0.294. The van der Waals surface area contributed by atoms with E-state index < -0.39 is 0 Å². The molecule has 1 saturated carbocycles. The molecule has 2 aromatic rings. The van der Waals surface area contributed by atoms with Crippen LogP contribution >= 0.6 is 0 Å². The minimum atomic E-state index is 0.249. The summed E-state index contributed by atoms with van der Waals surface area (Å²) in [6.07, 6.45) is 3.67. The number of rotatable bonds is 2. The lowest BCUT2D eigenvalue weighted by molar-refractivity contribution is 0.633. The van der Waals surface area contributed by atoms with Crippen molar-refractivity contribution in [1.82, 2.24) is 0 Å². The Kier molecular flexibility index (Phi) is 2.12. The molecule has 0 radical (unpaired) electrons. The molecule has 2 aliphatic carbocycles. The first kappa shape index (κ1) is 10.3. The highest BCUT2D eigenvalue weighted by Crippen LogP contribution is 2.42. The molecule has 1 heteroatoms. The first-order valence-corrected chi connectivity index (χ1v) is 6.79. The van der Waals surface area contributed by atoms with Crippen LogP contribution in [0.3, 0.4) is 0 Å². The summed E-state index contributed by atoms with van der Waals surface area (Å²) in [5.41, 5.74) is 13.3. The van der Waals surface area contributed by atoms with Crippen molar-refractivity contribution in [2.75, 3.05) is 0 Å². The molecule has 18 heavy (non-hydrogen) atoms. The molecule has 4 rings (SSSR count). The zero-order valence-electron chi connectivity index (χ0n) is 10.4. The Hall–Kier alpha value is -1.60. The first-order valence-electron chi connectivity index (χ1n) is 6.79. The molecular weight excluding hydrogens is 218 g/mol. The molecule has 2 aromatic carbocycles. The van der Waals surface area contributed by atoms with E-state index in [2.05, 4.69) is 42.5 Å². The molecule has 0 heterocycles. The summed E-state index contributed by atoms with van der Waals surface area (Å²) in [5.74, 6) is 0.729. The topological polar surface area (TPSA) is 26.0 Å². The zero-order valence-corrected chi connectivity index (χ0v) is 10.4. The van der Waals surface area contributed by atoms with Crippen molar-refractivity contribution >= 4 is 0 Å². The van der Waals surface area contributed by atoms with Gasteiger partial charge < -0.3 is 5.73 Å². The van der Waals surface area contributed by atoms with Gasteiger partial charge in [-0.15, -0.1) is 0 Å². The molecule has 1 nitrogen and oxygen atoms in total. The van der Waals surface area contributed by atoms with Gasteiger partial charge in [-0.25, -0.2) is 0 Å². The molecule has 2 aliphatic rings. The highest BCUT2D eigenvalue weighted by molar-refractivity contribution is 5.77. The lowest BCUT2D eigenvalue weighted by Gasteiger charge is -2.12. The maximum atomic E-state index is 6.30. The molecule has 0 amide bonds. The van der Waals surface area contributed by atoms with E-state index in [1.807, 2.05) is 0 Å². The van der Waals surface area contributed by atoms with E-state index in [0.29, 0.717) is 0 Å². The maximum Gasteiger partial charge on any atom is 0.0323 e. The smallest absolute Gasteiger partial charge is 0.0323 e. The Balaban J connectivity index is 1.76. The minimum absolute atomic E-state index is 0.249. The quantitative estimate of drug-likeness (QED) is 0.720. The van der Waals surface area contributed by atoms with Gasteiger partial charge in [-0.3, -0.25) is 0 Å². The zero-order chi connectivity index (χ0) is 12.1. The summed E-state index contributed by atoms with van der Waals surface area (Å²) >= 11 is 0. The van der Waals surface area contributed by atoms with Crippen LogP contribution in [0.4, 0.5) is 0 Å². The van der Waals surface area contributed by atoms with Crippen molar-refractivity contribution in [3.8, 4) is 11.1 Å². The Morgan fingerprint density at radius 1 is 0.944 bits per heavy atom. The summed E-state index contributed by atoms with van der Waals surface area (Å²) in [6.45, 7) is 0. The van der Waals surface area contributed by atoms with Gasteiger partial charge in [-0.05, 0) is 53.0 Å². The molecule has 0 bridgehead atoms. The van der Waals surface area contributed by atoms with Crippen molar-refractivity contribution in [2.45, 2.75) is 25.3 Å². The predicted octanol–water partition coefficient (Wildman–Crippen LogP) is 3.67. The summed E-state index contributed by atoms with van der Waals surface area (Å²) in [4.78, 5) is 0. The summed E-state index contributed by atoms with van der Waals surface area (Å²) < 4.78 is 0. The van der Waals surface area contributed by atoms with Gasteiger partial charge in [0, 0.05) is 6.04 Å². The number of nitrogens with two attached hydrogens (primary N) is 1. The van der Waals surface area contributed by atoms with Crippen molar-refractivity contribution < 1.29 is 0 Å². The van der Waals surface area contributed by atoms with E-state index in [0.717, 1.165) is 12.3 Å². The molecule has 0 saturated heterocycles. The van der Waals surface area contributed by atoms with Crippen molar-refractivity contribution in [2.24, 2.45) is 11.7 Å². The molecule has 1 fully saturated rings. The van der Waals surface area contributed by atoms with E-state index in [1.54, 1.807) is 0 Å². The molecule has 1 atom stereocenters. The van der Waals surface area contributed by atoms with E-state index in [1.165, 1.54) is 40.7 Å². The fourth-order valence-corrected chi connectivity index (χ4v) is 3.10. The Bertz CT molecular complexity index is 611.